The van der Waals surface area contributed by atoms with Gasteiger partial charge in [-0.05, 0) is 45.0 Å². The van der Waals surface area contributed by atoms with Crippen molar-refractivity contribution < 1.29 is 14.2 Å². The molecule has 1 N–H and O–H groups in total. The summed E-state index contributed by atoms with van der Waals surface area (Å²) in [4.78, 5) is 2.10. The molecule has 0 radical (unpaired) electrons. The molecule has 0 unspecified atom stereocenters. The lowest BCUT2D eigenvalue weighted by atomic mass is 9.98. The largest absolute Gasteiger partial charge is 0.494 e. The Kier molecular flexibility index (Phi) is 5.11. The van der Waals surface area contributed by atoms with Crippen molar-refractivity contribution in [2.45, 2.75) is 32.4 Å². The zero-order valence-corrected chi connectivity index (χ0v) is 11.5. The molecule has 0 atom stereocenters. The van der Waals surface area contributed by atoms with Crippen LogP contribution in [-0.2, 0) is 6.54 Å². The fourth-order valence-electron chi connectivity index (χ4n) is 1.76. The molecule has 18 heavy (non-hydrogen) atoms. The number of benzene rings is 1. The summed E-state index contributed by atoms with van der Waals surface area (Å²) < 4.78 is 18.5. The third-order valence-corrected chi connectivity index (χ3v) is 3.39. The molecule has 0 spiro atoms. The van der Waals surface area contributed by atoms with Gasteiger partial charge in [-0.3, -0.25) is 4.90 Å². The Morgan fingerprint density at radius 2 is 2.06 bits per heavy atom. The van der Waals surface area contributed by atoms with Crippen molar-refractivity contribution in [2.75, 3.05) is 20.8 Å². The number of hydrogen-bond donors (Lipinski definition) is 1. The van der Waals surface area contributed by atoms with Gasteiger partial charge >= 0.3 is 0 Å². The van der Waals surface area contributed by atoms with E-state index in [-0.39, 0.29) is 23.7 Å². The van der Waals surface area contributed by atoms with Crippen LogP contribution in [0.5, 0.6) is 5.75 Å². The van der Waals surface area contributed by atoms with Crippen molar-refractivity contribution in [1.82, 2.24) is 4.90 Å². The van der Waals surface area contributed by atoms with Gasteiger partial charge in [-0.15, -0.1) is 0 Å². The summed E-state index contributed by atoms with van der Waals surface area (Å²) in [6, 6.07) is 4.98. The van der Waals surface area contributed by atoms with Crippen molar-refractivity contribution >= 4 is 0 Å². The van der Waals surface area contributed by atoms with Crippen molar-refractivity contribution in [1.29, 1.82) is 0 Å². The molecule has 0 heterocycles. The first-order valence-corrected chi connectivity index (χ1v) is 6.05. The highest BCUT2D eigenvalue weighted by Gasteiger charge is 2.22. The highest BCUT2D eigenvalue weighted by molar-refractivity contribution is 5.29. The molecule has 0 aliphatic rings. The number of methoxy groups -OCH3 is 1. The molecule has 102 valence electrons. The van der Waals surface area contributed by atoms with E-state index in [1.165, 1.54) is 13.2 Å². The number of nitrogens with zero attached hydrogens (tertiary/aromatic N) is 1. The third kappa shape index (κ3) is 3.68. The van der Waals surface area contributed by atoms with Crippen molar-refractivity contribution in [2.24, 2.45) is 0 Å². The molecule has 1 aromatic carbocycles. The summed E-state index contributed by atoms with van der Waals surface area (Å²) in [6.07, 6.45) is 0.683. The van der Waals surface area contributed by atoms with Gasteiger partial charge in [0.15, 0.2) is 11.6 Å². The molecular weight excluding hydrogens is 233 g/mol. The molecule has 1 rings (SSSR count). The summed E-state index contributed by atoms with van der Waals surface area (Å²) in [5, 5.41) is 9.03. The zero-order chi connectivity index (χ0) is 13.8. The van der Waals surface area contributed by atoms with E-state index in [2.05, 4.69) is 18.7 Å². The first kappa shape index (κ1) is 14.9. The van der Waals surface area contributed by atoms with Crippen LogP contribution in [0, 0.1) is 5.82 Å². The summed E-state index contributed by atoms with van der Waals surface area (Å²) in [5.74, 6) is -0.0839. The molecule has 0 amide bonds. The first-order valence-electron chi connectivity index (χ1n) is 6.05. The quantitative estimate of drug-likeness (QED) is 0.847. The van der Waals surface area contributed by atoms with Crippen LogP contribution >= 0.6 is 0 Å². The van der Waals surface area contributed by atoms with Crippen LogP contribution in [0.1, 0.15) is 25.8 Å². The number of aliphatic hydroxyl groups excluding tert-OH is 1. The SMILES string of the molecule is COc1ccc(CN(C)C(C)(C)CCO)cc1F. The second-order valence-electron chi connectivity index (χ2n) is 5.11. The van der Waals surface area contributed by atoms with Crippen molar-refractivity contribution in [3.63, 3.8) is 0 Å². The van der Waals surface area contributed by atoms with Crippen LogP contribution in [0.3, 0.4) is 0 Å². The maximum atomic E-state index is 13.6. The Labute approximate surface area is 108 Å². The van der Waals surface area contributed by atoms with Crippen LogP contribution in [0.2, 0.25) is 0 Å². The molecule has 0 aliphatic heterocycles. The lowest BCUT2D eigenvalue weighted by Gasteiger charge is -2.35. The van der Waals surface area contributed by atoms with Crippen LogP contribution in [0.4, 0.5) is 4.39 Å². The topological polar surface area (TPSA) is 32.7 Å². The standard InChI is InChI=1S/C14H22FNO2/c1-14(2,7-8-17)16(3)10-11-5-6-13(18-4)12(15)9-11/h5-6,9,17H,7-8,10H2,1-4H3. The van der Waals surface area contributed by atoms with Gasteiger partial charge in [-0.1, -0.05) is 6.07 Å². The van der Waals surface area contributed by atoms with E-state index < -0.39 is 0 Å². The summed E-state index contributed by atoms with van der Waals surface area (Å²) in [6.45, 7) is 4.90. The maximum absolute atomic E-state index is 13.6. The Morgan fingerprint density at radius 1 is 1.39 bits per heavy atom. The van der Waals surface area contributed by atoms with E-state index in [4.69, 9.17) is 9.84 Å². The highest BCUT2D eigenvalue weighted by Crippen LogP contribution is 2.22. The van der Waals surface area contributed by atoms with Crippen LogP contribution in [0.25, 0.3) is 0 Å². The molecule has 0 saturated carbocycles. The number of halogens is 1. The summed E-state index contributed by atoms with van der Waals surface area (Å²) in [5.41, 5.74) is 0.771. The minimum Gasteiger partial charge on any atom is -0.494 e. The van der Waals surface area contributed by atoms with Gasteiger partial charge in [0.25, 0.3) is 0 Å². The fraction of sp³-hybridized carbons (Fsp3) is 0.571. The van der Waals surface area contributed by atoms with Gasteiger partial charge in [-0.2, -0.15) is 0 Å². The predicted molar refractivity (Wildman–Crippen MR) is 70.2 cm³/mol. The molecule has 0 aromatic heterocycles. The van der Waals surface area contributed by atoms with Gasteiger partial charge < -0.3 is 9.84 Å². The minimum absolute atomic E-state index is 0.120. The number of ether oxygens (including phenoxy) is 1. The van der Waals surface area contributed by atoms with E-state index in [9.17, 15) is 4.39 Å². The van der Waals surface area contributed by atoms with Crippen molar-refractivity contribution in [3.05, 3.63) is 29.6 Å². The average molecular weight is 255 g/mol. The van der Waals surface area contributed by atoms with E-state index in [1.54, 1.807) is 6.07 Å². The molecule has 0 bridgehead atoms. The minimum atomic E-state index is -0.344. The van der Waals surface area contributed by atoms with Crippen molar-refractivity contribution in [3.8, 4) is 5.75 Å². The smallest absolute Gasteiger partial charge is 0.165 e. The second kappa shape index (κ2) is 6.16. The molecule has 0 aliphatic carbocycles. The van der Waals surface area contributed by atoms with E-state index in [0.29, 0.717) is 13.0 Å². The normalized spacial score (nSPS) is 11.9. The first-order chi connectivity index (χ1) is 8.40. The molecule has 0 fully saturated rings. The zero-order valence-electron chi connectivity index (χ0n) is 11.5. The van der Waals surface area contributed by atoms with Gasteiger partial charge in [0, 0.05) is 18.7 Å². The molecular formula is C14H22FNO2. The van der Waals surface area contributed by atoms with E-state index >= 15 is 0 Å². The Balaban J connectivity index is 2.76. The van der Waals surface area contributed by atoms with Crippen LogP contribution in [-0.4, -0.2) is 36.3 Å². The van der Waals surface area contributed by atoms with Gasteiger partial charge in [0.2, 0.25) is 0 Å². The second-order valence-corrected chi connectivity index (χ2v) is 5.11. The molecule has 3 nitrogen and oxygen atoms in total. The Morgan fingerprint density at radius 3 is 2.56 bits per heavy atom. The molecule has 4 heteroatoms. The lowest BCUT2D eigenvalue weighted by Crippen LogP contribution is -2.41. The van der Waals surface area contributed by atoms with Gasteiger partial charge in [-0.25, -0.2) is 4.39 Å². The predicted octanol–water partition coefficient (Wildman–Crippen LogP) is 2.43. The summed E-state index contributed by atoms with van der Waals surface area (Å²) >= 11 is 0. The lowest BCUT2D eigenvalue weighted by molar-refractivity contribution is 0.110. The van der Waals surface area contributed by atoms with Gasteiger partial charge in [0.1, 0.15) is 0 Å². The number of aliphatic hydroxyl groups is 1. The highest BCUT2D eigenvalue weighted by atomic mass is 19.1. The van der Waals surface area contributed by atoms with E-state index in [1.807, 2.05) is 13.1 Å². The molecule has 1 aromatic rings. The van der Waals surface area contributed by atoms with Crippen LogP contribution in [0.15, 0.2) is 18.2 Å². The Hall–Kier alpha value is -1.13. The molecule has 0 saturated heterocycles. The monoisotopic (exact) mass is 255 g/mol. The van der Waals surface area contributed by atoms with Gasteiger partial charge in [0.05, 0.1) is 7.11 Å². The van der Waals surface area contributed by atoms with E-state index in [0.717, 1.165) is 5.56 Å². The Bertz CT molecular complexity index is 393. The number of hydrogen-bond acceptors (Lipinski definition) is 3. The summed E-state index contributed by atoms with van der Waals surface area (Å²) in [7, 11) is 3.42. The third-order valence-electron chi connectivity index (χ3n) is 3.39. The maximum Gasteiger partial charge on any atom is 0.165 e. The average Bonchev–Trinajstić information content (AvgIpc) is 2.29. The number of rotatable bonds is 6. The fourth-order valence-corrected chi connectivity index (χ4v) is 1.76. The van der Waals surface area contributed by atoms with Crippen LogP contribution < -0.4 is 4.74 Å².